The minimum atomic E-state index is 0.726. The summed E-state index contributed by atoms with van der Waals surface area (Å²) >= 11 is 5.98. The minimum Gasteiger partial charge on any atom is -0.496 e. The van der Waals surface area contributed by atoms with Crippen LogP contribution in [0, 0.1) is 0 Å². The van der Waals surface area contributed by atoms with Crippen LogP contribution in [0.4, 0.5) is 0 Å². The average molecular weight is 315 g/mol. The Labute approximate surface area is 138 Å². The van der Waals surface area contributed by atoms with Gasteiger partial charge in [-0.3, -0.25) is 0 Å². The molecule has 2 heteroatoms. The molecule has 0 atom stereocenters. The van der Waals surface area contributed by atoms with E-state index in [1.165, 1.54) is 48.8 Å². The Morgan fingerprint density at radius 2 is 1.73 bits per heavy atom. The second-order valence-corrected chi connectivity index (χ2v) is 6.65. The van der Waals surface area contributed by atoms with Crippen molar-refractivity contribution in [2.75, 3.05) is 7.11 Å². The first-order valence-electron chi connectivity index (χ1n) is 8.17. The van der Waals surface area contributed by atoms with Crippen LogP contribution in [-0.2, 0) is 6.42 Å². The summed E-state index contributed by atoms with van der Waals surface area (Å²) in [5, 5.41) is 0.784. The molecule has 0 aliphatic heterocycles. The second-order valence-electron chi connectivity index (χ2n) is 6.21. The lowest BCUT2D eigenvalue weighted by Crippen LogP contribution is -2.05. The summed E-state index contributed by atoms with van der Waals surface area (Å²) in [5.41, 5.74) is 4.01. The van der Waals surface area contributed by atoms with Crippen molar-refractivity contribution in [3.05, 3.63) is 64.2 Å². The molecule has 22 heavy (non-hydrogen) atoms. The number of hydrogen-bond donors (Lipinski definition) is 0. The molecule has 1 nitrogen and oxygen atoms in total. The molecule has 3 rings (SSSR count). The summed E-state index contributed by atoms with van der Waals surface area (Å²) in [6.07, 6.45) is 7.66. The van der Waals surface area contributed by atoms with Crippen LogP contribution >= 0.6 is 11.6 Å². The topological polar surface area (TPSA) is 9.23 Å². The minimum absolute atomic E-state index is 0.726. The maximum Gasteiger partial charge on any atom is 0.122 e. The largest absolute Gasteiger partial charge is 0.496 e. The third-order valence-corrected chi connectivity index (χ3v) is 4.94. The Hall–Kier alpha value is -1.47. The van der Waals surface area contributed by atoms with Crippen molar-refractivity contribution in [2.45, 2.75) is 44.4 Å². The number of halogens is 1. The summed E-state index contributed by atoms with van der Waals surface area (Å²) in [6, 6.07) is 14.8. The van der Waals surface area contributed by atoms with Gasteiger partial charge < -0.3 is 4.74 Å². The lowest BCUT2D eigenvalue weighted by molar-refractivity contribution is 0.408. The van der Waals surface area contributed by atoms with Crippen LogP contribution in [0.2, 0.25) is 5.02 Å². The molecule has 0 aromatic heterocycles. The number of rotatable bonds is 4. The summed E-state index contributed by atoms with van der Waals surface area (Å²) in [7, 11) is 1.75. The number of hydrogen-bond acceptors (Lipinski definition) is 1. The standard InChI is InChI=1S/C20H23ClO/c1-22-20-12-9-17(16-5-3-2-4-6-16)14-18(20)13-15-7-10-19(21)11-8-15/h7-12,14,16H,2-6,13H2,1H3. The fourth-order valence-electron chi connectivity index (χ4n) is 3.45. The molecule has 1 aliphatic carbocycles. The van der Waals surface area contributed by atoms with E-state index in [9.17, 15) is 0 Å². The Kier molecular flexibility index (Phi) is 5.04. The maximum atomic E-state index is 5.98. The van der Waals surface area contributed by atoms with E-state index >= 15 is 0 Å². The molecule has 0 heterocycles. The fourth-order valence-corrected chi connectivity index (χ4v) is 3.57. The van der Waals surface area contributed by atoms with Gasteiger partial charge in [0.05, 0.1) is 7.11 Å². The first-order chi connectivity index (χ1) is 10.8. The summed E-state index contributed by atoms with van der Waals surface area (Å²) in [5.74, 6) is 1.71. The smallest absolute Gasteiger partial charge is 0.122 e. The molecule has 0 unspecified atom stereocenters. The highest BCUT2D eigenvalue weighted by atomic mass is 35.5. The predicted molar refractivity (Wildman–Crippen MR) is 93.1 cm³/mol. The Morgan fingerprint density at radius 1 is 1.00 bits per heavy atom. The van der Waals surface area contributed by atoms with Gasteiger partial charge in [0.15, 0.2) is 0 Å². The maximum absolute atomic E-state index is 5.98. The highest BCUT2D eigenvalue weighted by Gasteiger charge is 2.17. The lowest BCUT2D eigenvalue weighted by atomic mass is 9.83. The summed E-state index contributed by atoms with van der Waals surface area (Å²) in [6.45, 7) is 0. The van der Waals surface area contributed by atoms with Gasteiger partial charge in [0.25, 0.3) is 0 Å². The van der Waals surface area contributed by atoms with E-state index in [0.717, 1.165) is 23.1 Å². The van der Waals surface area contributed by atoms with Crippen LogP contribution in [0.15, 0.2) is 42.5 Å². The van der Waals surface area contributed by atoms with Crippen LogP contribution in [0.3, 0.4) is 0 Å². The third-order valence-electron chi connectivity index (χ3n) is 4.69. The Balaban J connectivity index is 1.85. The van der Waals surface area contributed by atoms with Crippen LogP contribution in [-0.4, -0.2) is 7.11 Å². The van der Waals surface area contributed by atoms with E-state index in [1.54, 1.807) is 7.11 Å². The highest BCUT2D eigenvalue weighted by molar-refractivity contribution is 6.30. The van der Waals surface area contributed by atoms with E-state index in [2.05, 4.69) is 30.3 Å². The molecule has 0 N–H and O–H groups in total. The first-order valence-corrected chi connectivity index (χ1v) is 8.55. The first kappa shape index (κ1) is 15.4. The second kappa shape index (κ2) is 7.19. The van der Waals surface area contributed by atoms with Gasteiger partial charge in [-0.05, 0) is 53.6 Å². The van der Waals surface area contributed by atoms with Crippen molar-refractivity contribution in [2.24, 2.45) is 0 Å². The zero-order valence-electron chi connectivity index (χ0n) is 13.1. The molecule has 0 saturated heterocycles. The van der Waals surface area contributed by atoms with Crippen LogP contribution in [0.5, 0.6) is 5.75 Å². The predicted octanol–water partition coefficient (Wildman–Crippen LogP) is 5.99. The Morgan fingerprint density at radius 3 is 2.41 bits per heavy atom. The number of ether oxygens (including phenoxy) is 1. The molecule has 0 bridgehead atoms. The average Bonchev–Trinajstić information content (AvgIpc) is 2.58. The van der Waals surface area contributed by atoms with E-state index in [-0.39, 0.29) is 0 Å². The Bertz CT molecular complexity index is 612. The van der Waals surface area contributed by atoms with E-state index in [4.69, 9.17) is 16.3 Å². The zero-order valence-corrected chi connectivity index (χ0v) is 13.9. The molecule has 2 aromatic rings. The number of benzene rings is 2. The molecular formula is C20H23ClO. The van der Waals surface area contributed by atoms with Crippen molar-refractivity contribution < 1.29 is 4.74 Å². The normalized spacial score (nSPS) is 15.7. The van der Waals surface area contributed by atoms with Gasteiger partial charge in [0.2, 0.25) is 0 Å². The number of methoxy groups -OCH3 is 1. The van der Waals surface area contributed by atoms with Gasteiger partial charge in [-0.25, -0.2) is 0 Å². The van der Waals surface area contributed by atoms with Gasteiger partial charge in [-0.1, -0.05) is 55.1 Å². The van der Waals surface area contributed by atoms with Crippen LogP contribution < -0.4 is 4.74 Å². The van der Waals surface area contributed by atoms with Crippen molar-refractivity contribution in [3.8, 4) is 5.75 Å². The highest BCUT2D eigenvalue weighted by Crippen LogP contribution is 2.35. The molecule has 0 radical (unpaired) electrons. The van der Waals surface area contributed by atoms with Crippen molar-refractivity contribution in [1.82, 2.24) is 0 Å². The summed E-state index contributed by atoms with van der Waals surface area (Å²) < 4.78 is 5.56. The van der Waals surface area contributed by atoms with Crippen molar-refractivity contribution in [3.63, 3.8) is 0 Å². The monoisotopic (exact) mass is 314 g/mol. The van der Waals surface area contributed by atoms with Gasteiger partial charge in [-0.15, -0.1) is 0 Å². The zero-order chi connectivity index (χ0) is 15.4. The van der Waals surface area contributed by atoms with Crippen LogP contribution in [0.25, 0.3) is 0 Å². The SMILES string of the molecule is COc1ccc(C2CCCCC2)cc1Cc1ccc(Cl)cc1. The molecule has 1 saturated carbocycles. The third kappa shape index (κ3) is 3.64. The molecule has 2 aromatic carbocycles. The van der Waals surface area contributed by atoms with E-state index in [0.29, 0.717) is 0 Å². The van der Waals surface area contributed by atoms with Gasteiger partial charge in [0, 0.05) is 11.4 Å². The van der Waals surface area contributed by atoms with E-state index < -0.39 is 0 Å². The van der Waals surface area contributed by atoms with Gasteiger partial charge in [-0.2, -0.15) is 0 Å². The summed E-state index contributed by atoms with van der Waals surface area (Å²) in [4.78, 5) is 0. The lowest BCUT2D eigenvalue weighted by Gasteiger charge is -2.23. The van der Waals surface area contributed by atoms with Crippen LogP contribution in [0.1, 0.15) is 54.7 Å². The molecule has 0 spiro atoms. The molecular weight excluding hydrogens is 292 g/mol. The molecule has 0 amide bonds. The van der Waals surface area contributed by atoms with Crippen molar-refractivity contribution >= 4 is 11.6 Å². The van der Waals surface area contributed by atoms with Gasteiger partial charge in [0.1, 0.15) is 5.75 Å². The quantitative estimate of drug-likeness (QED) is 0.673. The van der Waals surface area contributed by atoms with E-state index in [1.807, 2.05) is 12.1 Å². The molecule has 1 fully saturated rings. The molecule has 1 aliphatic rings. The molecule has 116 valence electrons. The van der Waals surface area contributed by atoms with Crippen molar-refractivity contribution in [1.29, 1.82) is 0 Å². The fraction of sp³-hybridized carbons (Fsp3) is 0.400. The van der Waals surface area contributed by atoms with Gasteiger partial charge >= 0.3 is 0 Å².